The number of imide groups is 1. The largest absolute Gasteiger partial charge is 0.462 e. The zero-order valence-corrected chi connectivity index (χ0v) is 14.5. The number of furan rings is 1. The molecule has 0 saturated carbocycles. The van der Waals surface area contributed by atoms with Crippen molar-refractivity contribution in [2.24, 2.45) is 0 Å². The average molecular weight is 353 g/mol. The first kappa shape index (κ1) is 17.5. The smallest absolute Gasteiger partial charge is 0.329 e. The highest BCUT2D eigenvalue weighted by molar-refractivity contribution is 6.15. The van der Waals surface area contributed by atoms with Crippen LogP contribution in [-0.4, -0.2) is 29.3 Å². The minimum absolute atomic E-state index is 0.0751. The Hall–Kier alpha value is -3.35. The molecule has 0 radical (unpaired) electrons. The quantitative estimate of drug-likeness (QED) is 0.639. The first-order chi connectivity index (χ1) is 12.5. The van der Waals surface area contributed by atoms with Crippen molar-refractivity contribution < 1.29 is 18.8 Å². The van der Waals surface area contributed by atoms with Gasteiger partial charge in [0.15, 0.2) is 0 Å². The third kappa shape index (κ3) is 3.66. The monoisotopic (exact) mass is 353 g/mol. The van der Waals surface area contributed by atoms with Crippen molar-refractivity contribution in [3.63, 3.8) is 0 Å². The van der Waals surface area contributed by atoms with Crippen LogP contribution in [0.15, 0.2) is 46.5 Å². The van der Waals surface area contributed by atoms with Gasteiger partial charge in [0.1, 0.15) is 23.8 Å². The molecule has 2 heterocycles. The number of aryl methyl sites for hydroxylation is 2. The molecular formula is C19H19N3O4. The van der Waals surface area contributed by atoms with Crippen LogP contribution in [0.5, 0.6) is 0 Å². The van der Waals surface area contributed by atoms with E-state index in [1.165, 1.54) is 6.08 Å². The van der Waals surface area contributed by atoms with E-state index in [9.17, 15) is 14.4 Å². The minimum Gasteiger partial charge on any atom is -0.462 e. The highest BCUT2D eigenvalue weighted by Crippen LogP contribution is 2.18. The lowest BCUT2D eigenvalue weighted by Gasteiger charge is -2.13. The fourth-order valence-corrected chi connectivity index (χ4v) is 2.67. The van der Waals surface area contributed by atoms with Crippen molar-refractivity contribution in [1.29, 1.82) is 0 Å². The molecule has 3 rings (SSSR count). The maximum absolute atomic E-state index is 12.4. The number of carbonyl (C=O) groups is 3. The van der Waals surface area contributed by atoms with Gasteiger partial charge in [-0.25, -0.2) is 9.69 Å². The Morgan fingerprint density at radius 3 is 2.69 bits per heavy atom. The van der Waals surface area contributed by atoms with Gasteiger partial charge in [-0.3, -0.25) is 9.59 Å². The molecule has 26 heavy (non-hydrogen) atoms. The molecule has 2 aromatic rings. The summed E-state index contributed by atoms with van der Waals surface area (Å²) in [5, 5.41) is 5.21. The van der Waals surface area contributed by atoms with Gasteiger partial charge in [-0.15, -0.1) is 0 Å². The van der Waals surface area contributed by atoms with Crippen LogP contribution >= 0.6 is 0 Å². The molecule has 1 aliphatic heterocycles. The van der Waals surface area contributed by atoms with Crippen molar-refractivity contribution in [1.82, 2.24) is 10.2 Å². The molecule has 1 saturated heterocycles. The van der Waals surface area contributed by atoms with E-state index >= 15 is 0 Å². The van der Waals surface area contributed by atoms with Gasteiger partial charge in [-0.1, -0.05) is 25.1 Å². The molecule has 1 aromatic carbocycles. The van der Waals surface area contributed by atoms with E-state index in [1.807, 2.05) is 25.1 Å². The van der Waals surface area contributed by atoms with Crippen LogP contribution in [0.1, 0.15) is 24.0 Å². The number of benzene rings is 1. The van der Waals surface area contributed by atoms with Gasteiger partial charge in [0.2, 0.25) is 5.91 Å². The van der Waals surface area contributed by atoms with E-state index in [0.717, 1.165) is 16.9 Å². The Morgan fingerprint density at radius 1 is 1.23 bits per heavy atom. The summed E-state index contributed by atoms with van der Waals surface area (Å²) >= 11 is 0. The highest BCUT2D eigenvalue weighted by Gasteiger charge is 2.35. The van der Waals surface area contributed by atoms with E-state index in [1.54, 1.807) is 25.1 Å². The number of rotatable bonds is 5. The number of urea groups is 1. The summed E-state index contributed by atoms with van der Waals surface area (Å²) in [6.45, 7) is 3.40. The predicted molar refractivity (Wildman–Crippen MR) is 96.1 cm³/mol. The van der Waals surface area contributed by atoms with Gasteiger partial charge in [0, 0.05) is 11.8 Å². The fraction of sp³-hybridized carbons (Fsp3) is 0.211. The number of nitrogens with one attached hydrogen (secondary N) is 2. The standard InChI is InChI=1S/C19H19N3O4/c1-3-13-6-4-5-7-15(13)20-17(23)11-22-18(24)16(21-19(22)25)10-14-9-8-12(2)26-14/h4-10H,3,11H2,1-2H3,(H,20,23)(H,21,25)/b16-10+. The fourth-order valence-electron chi connectivity index (χ4n) is 2.67. The van der Waals surface area contributed by atoms with E-state index in [4.69, 9.17) is 4.42 Å². The van der Waals surface area contributed by atoms with E-state index in [2.05, 4.69) is 10.6 Å². The van der Waals surface area contributed by atoms with Crippen LogP contribution < -0.4 is 10.6 Å². The topological polar surface area (TPSA) is 91.7 Å². The third-order valence-corrected chi connectivity index (χ3v) is 3.98. The molecule has 1 fully saturated rings. The molecular weight excluding hydrogens is 334 g/mol. The van der Waals surface area contributed by atoms with Crippen LogP contribution in [0.25, 0.3) is 6.08 Å². The Morgan fingerprint density at radius 2 is 2.00 bits per heavy atom. The Bertz CT molecular complexity index is 898. The molecule has 7 heteroatoms. The Labute approximate surface area is 150 Å². The van der Waals surface area contributed by atoms with E-state index in [0.29, 0.717) is 17.2 Å². The summed E-state index contributed by atoms with van der Waals surface area (Å²) in [5.74, 6) is 0.140. The van der Waals surface area contributed by atoms with Crippen molar-refractivity contribution >= 4 is 29.6 Å². The lowest BCUT2D eigenvalue weighted by molar-refractivity contribution is -0.127. The summed E-state index contributed by atoms with van der Waals surface area (Å²) in [6.07, 6.45) is 2.20. The summed E-state index contributed by atoms with van der Waals surface area (Å²) in [6, 6.07) is 10.2. The van der Waals surface area contributed by atoms with Gasteiger partial charge < -0.3 is 15.1 Å². The number of carbonyl (C=O) groups excluding carboxylic acids is 3. The van der Waals surface area contributed by atoms with Gasteiger partial charge in [-0.05, 0) is 37.1 Å². The Kier molecular flexibility index (Phi) is 4.88. The molecule has 0 unspecified atom stereocenters. The first-order valence-corrected chi connectivity index (χ1v) is 8.26. The van der Waals surface area contributed by atoms with Crippen LogP contribution in [0.2, 0.25) is 0 Å². The lowest BCUT2D eigenvalue weighted by atomic mass is 10.1. The average Bonchev–Trinajstić information content (AvgIpc) is 3.13. The second-order valence-electron chi connectivity index (χ2n) is 5.89. The van der Waals surface area contributed by atoms with E-state index < -0.39 is 17.8 Å². The molecule has 0 bridgehead atoms. The molecule has 134 valence electrons. The van der Waals surface area contributed by atoms with Crippen LogP contribution in [0, 0.1) is 6.92 Å². The molecule has 1 aromatic heterocycles. The number of hydrogen-bond donors (Lipinski definition) is 2. The second-order valence-corrected chi connectivity index (χ2v) is 5.89. The van der Waals surface area contributed by atoms with Crippen LogP contribution in [-0.2, 0) is 16.0 Å². The maximum atomic E-state index is 12.4. The number of hydrogen-bond acceptors (Lipinski definition) is 4. The number of amides is 4. The van der Waals surface area contributed by atoms with Crippen molar-refractivity contribution in [2.75, 3.05) is 11.9 Å². The summed E-state index contributed by atoms with van der Waals surface area (Å²) < 4.78 is 5.37. The predicted octanol–water partition coefficient (Wildman–Crippen LogP) is 2.68. The zero-order chi connectivity index (χ0) is 18.7. The van der Waals surface area contributed by atoms with E-state index in [-0.39, 0.29) is 12.2 Å². The minimum atomic E-state index is -0.636. The van der Waals surface area contributed by atoms with Crippen molar-refractivity contribution in [2.45, 2.75) is 20.3 Å². The summed E-state index contributed by atoms with van der Waals surface area (Å²) in [5.41, 5.74) is 1.73. The summed E-state index contributed by atoms with van der Waals surface area (Å²) in [4.78, 5) is 37.6. The van der Waals surface area contributed by atoms with Crippen LogP contribution in [0.4, 0.5) is 10.5 Å². The number of nitrogens with zero attached hydrogens (tertiary/aromatic N) is 1. The van der Waals surface area contributed by atoms with Crippen molar-refractivity contribution in [3.05, 3.63) is 59.2 Å². The van der Waals surface area contributed by atoms with Crippen LogP contribution in [0.3, 0.4) is 0 Å². The number of anilines is 1. The molecule has 0 aliphatic carbocycles. The summed E-state index contributed by atoms with van der Waals surface area (Å²) in [7, 11) is 0. The number of para-hydroxylation sites is 1. The highest BCUT2D eigenvalue weighted by atomic mass is 16.3. The molecule has 0 atom stereocenters. The normalized spacial score (nSPS) is 15.5. The third-order valence-electron chi connectivity index (χ3n) is 3.98. The molecule has 2 N–H and O–H groups in total. The SMILES string of the molecule is CCc1ccccc1NC(=O)CN1C(=O)N/C(=C/c2ccc(C)o2)C1=O. The van der Waals surface area contributed by atoms with Gasteiger partial charge >= 0.3 is 6.03 Å². The lowest BCUT2D eigenvalue weighted by Crippen LogP contribution is -2.38. The molecule has 1 aliphatic rings. The first-order valence-electron chi connectivity index (χ1n) is 8.26. The van der Waals surface area contributed by atoms with Crippen molar-refractivity contribution in [3.8, 4) is 0 Å². The van der Waals surface area contributed by atoms with Gasteiger partial charge in [-0.2, -0.15) is 0 Å². The van der Waals surface area contributed by atoms with Gasteiger partial charge in [0.05, 0.1) is 0 Å². The Balaban J connectivity index is 1.69. The maximum Gasteiger partial charge on any atom is 0.329 e. The van der Waals surface area contributed by atoms with Gasteiger partial charge in [0.25, 0.3) is 5.91 Å². The zero-order valence-electron chi connectivity index (χ0n) is 14.5. The molecule has 4 amide bonds. The second kappa shape index (κ2) is 7.26. The molecule has 0 spiro atoms. The molecule has 7 nitrogen and oxygen atoms in total.